The molecule has 0 bridgehead atoms. The molecule has 0 saturated heterocycles. The molecule has 9 heteroatoms. The van der Waals surface area contributed by atoms with Crippen LogP contribution in [0.2, 0.25) is 5.02 Å². The van der Waals surface area contributed by atoms with Crippen LogP contribution in [0.15, 0.2) is 52.9 Å². The Hall–Kier alpha value is -3.07. The minimum atomic E-state index is -0.379. The predicted molar refractivity (Wildman–Crippen MR) is 111 cm³/mol. The summed E-state index contributed by atoms with van der Waals surface area (Å²) < 4.78 is 16.0. The quantitative estimate of drug-likeness (QED) is 0.539. The number of aliphatic hydroxyl groups is 1. The van der Waals surface area contributed by atoms with Gasteiger partial charge in [0.25, 0.3) is 5.91 Å². The Bertz CT molecular complexity index is 1100. The summed E-state index contributed by atoms with van der Waals surface area (Å²) in [6.45, 7) is -0.0506. The minimum absolute atomic E-state index is 0.122. The lowest BCUT2D eigenvalue weighted by Crippen LogP contribution is -2.34. The van der Waals surface area contributed by atoms with Crippen LogP contribution in [0.3, 0.4) is 0 Å². The van der Waals surface area contributed by atoms with Crippen molar-refractivity contribution in [3.05, 3.63) is 64.9 Å². The van der Waals surface area contributed by atoms with Gasteiger partial charge in [0.15, 0.2) is 16.6 Å². The molecule has 1 aliphatic rings. The molecule has 7 nitrogen and oxygen atoms in total. The van der Waals surface area contributed by atoms with E-state index in [1.165, 1.54) is 0 Å². The number of thiocarbonyl (C=S) groups is 1. The second-order valence-corrected chi connectivity index (χ2v) is 6.91. The van der Waals surface area contributed by atoms with Gasteiger partial charge in [-0.25, -0.2) is 0 Å². The Morgan fingerprint density at radius 2 is 1.93 bits per heavy atom. The van der Waals surface area contributed by atoms with Gasteiger partial charge in [-0.2, -0.15) is 0 Å². The third-order valence-corrected chi connectivity index (χ3v) is 4.69. The molecule has 1 amide bonds. The van der Waals surface area contributed by atoms with E-state index in [4.69, 9.17) is 42.8 Å². The standard InChI is InChI=1S/C20H15ClN2O5S/c21-15-8-12(2-4-14(15)16-6-3-13(9-24)28-16)22-20(29)23-19(25)11-1-5-17-18(7-11)27-10-26-17/h1-8,24H,9-10H2,(H2,22,23,25,29). The van der Waals surface area contributed by atoms with Crippen molar-refractivity contribution in [1.82, 2.24) is 5.32 Å². The lowest BCUT2D eigenvalue weighted by Gasteiger charge is -2.11. The largest absolute Gasteiger partial charge is 0.459 e. The number of amides is 1. The normalized spacial score (nSPS) is 11.9. The zero-order valence-electron chi connectivity index (χ0n) is 14.9. The third kappa shape index (κ3) is 4.19. The maximum absolute atomic E-state index is 12.4. The molecule has 2 heterocycles. The molecule has 3 aromatic rings. The van der Waals surface area contributed by atoms with Crippen molar-refractivity contribution < 1.29 is 23.8 Å². The van der Waals surface area contributed by atoms with E-state index in [9.17, 15) is 4.79 Å². The number of hydrogen-bond donors (Lipinski definition) is 3. The van der Waals surface area contributed by atoms with Crippen LogP contribution in [-0.4, -0.2) is 22.9 Å². The van der Waals surface area contributed by atoms with Gasteiger partial charge in [0, 0.05) is 16.8 Å². The first-order valence-electron chi connectivity index (χ1n) is 8.55. The summed E-state index contributed by atoms with van der Waals surface area (Å²) in [6, 6.07) is 13.5. The highest BCUT2D eigenvalue weighted by atomic mass is 35.5. The topological polar surface area (TPSA) is 93.0 Å². The van der Waals surface area contributed by atoms with E-state index in [-0.39, 0.29) is 24.4 Å². The van der Waals surface area contributed by atoms with Gasteiger partial charge in [0.1, 0.15) is 18.1 Å². The number of furan rings is 1. The van der Waals surface area contributed by atoms with Gasteiger partial charge >= 0.3 is 0 Å². The first-order chi connectivity index (χ1) is 14.0. The summed E-state index contributed by atoms with van der Waals surface area (Å²) in [7, 11) is 0. The fraction of sp³-hybridized carbons (Fsp3) is 0.100. The fourth-order valence-corrected chi connectivity index (χ4v) is 3.26. The van der Waals surface area contributed by atoms with E-state index in [2.05, 4.69) is 10.6 Å². The van der Waals surface area contributed by atoms with E-state index in [0.717, 1.165) is 0 Å². The predicted octanol–water partition coefficient (Wildman–Crippen LogP) is 3.95. The molecule has 29 heavy (non-hydrogen) atoms. The number of ether oxygens (including phenoxy) is 2. The van der Waals surface area contributed by atoms with Crippen LogP contribution in [0.1, 0.15) is 16.1 Å². The Morgan fingerprint density at radius 3 is 2.69 bits per heavy atom. The smallest absolute Gasteiger partial charge is 0.257 e. The van der Waals surface area contributed by atoms with Crippen LogP contribution in [0.25, 0.3) is 11.3 Å². The summed E-state index contributed by atoms with van der Waals surface area (Å²) in [5.74, 6) is 1.73. The molecule has 0 fully saturated rings. The van der Waals surface area contributed by atoms with Crippen molar-refractivity contribution in [1.29, 1.82) is 0 Å². The number of nitrogens with one attached hydrogen (secondary N) is 2. The zero-order valence-corrected chi connectivity index (χ0v) is 16.5. The summed E-state index contributed by atoms with van der Waals surface area (Å²) in [5, 5.41) is 15.2. The number of carbonyl (C=O) groups excluding carboxylic acids is 1. The second-order valence-electron chi connectivity index (χ2n) is 6.09. The first-order valence-corrected chi connectivity index (χ1v) is 9.33. The van der Waals surface area contributed by atoms with Gasteiger partial charge in [0.2, 0.25) is 6.79 Å². The highest BCUT2D eigenvalue weighted by Gasteiger charge is 2.17. The SMILES string of the molecule is O=C(NC(=S)Nc1ccc(-c2ccc(CO)o2)c(Cl)c1)c1ccc2c(c1)OCO2. The van der Waals surface area contributed by atoms with Crippen LogP contribution >= 0.6 is 23.8 Å². The van der Waals surface area contributed by atoms with Crippen LogP contribution < -0.4 is 20.1 Å². The molecular weight excluding hydrogens is 416 g/mol. The van der Waals surface area contributed by atoms with Crippen molar-refractivity contribution >= 4 is 40.5 Å². The summed E-state index contributed by atoms with van der Waals surface area (Å²) in [4.78, 5) is 12.4. The van der Waals surface area contributed by atoms with Crippen LogP contribution in [0, 0.1) is 0 Å². The monoisotopic (exact) mass is 430 g/mol. The number of aliphatic hydroxyl groups excluding tert-OH is 1. The average molecular weight is 431 g/mol. The van der Waals surface area contributed by atoms with Gasteiger partial charge in [-0.1, -0.05) is 11.6 Å². The number of rotatable bonds is 4. The summed E-state index contributed by atoms with van der Waals surface area (Å²) >= 11 is 11.5. The molecule has 0 saturated carbocycles. The van der Waals surface area contributed by atoms with Gasteiger partial charge in [0.05, 0.1) is 5.02 Å². The molecule has 148 valence electrons. The van der Waals surface area contributed by atoms with Crippen LogP contribution in [-0.2, 0) is 6.61 Å². The molecule has 4 rings (SSSR count). The number of hydrogen-bond acceptors (Lipinski definition) is 6. The van der Waals surface area contributed by atoms with Gasteiger partial charge < -0.3 is 24.3 Å². The molecule has 3 N–H and O–H groups in total. The number of anilines is 1. The first kappa shape index (κ1) is 19.3. The zero-order chi connectivity index (χ0) is 20.4. The van der Waals surface area contributed by atoms with Crippen molar-refractivity contribution in [2.24, 2.45) is 0 Å². The van der Waals surface area contributed by atoms with E-state index in [1.54, 1.807) is 48.5 Å². The van der Waals surface area contributed by atoms with Crippen molar-refractivity contribution in [3.63, 3.8) is 0 Å². The number of carbonyl (C=O) groups is 1. The molecule has 0 unspecified atom stereocenters. The van der Waals surface area contributed by atoms with Gasteiger partial charge in [-0.3, -0.25) is 10.1 Å². The Balaban J connectivity index is 1.41. The molecule has 2 aromatic carbocycles. The summed E-state index contributed by atoms with van der Waals surface area (Å²) in [6.07, 6.45) is 0. The lowest BCUT2D eigenvalue weighted by atomic mass is 10.1. The highest BCUT2D eigenvalue weighted by Crippen LogP contribution is 2.33. The van der Waals surface area contributed by atoms with Crippen LogP contribution in [0.4, 0.5) is 5.69 Å². The molecule has 0 radical (unpaired) electrons. The Morgan fingerprint density at radius 1 is 1.10 bits per heavy atom. The van der Waals surface area contributed by atoms with E-state index < -0.39 is 0 Å². The Labute approximate surface area is 176 Å². The fourth-order valence-electron chi connectivity index (χ4n) is 2.78. The Kier molecular flexibility index (Phi) is 5.39. The van der Waals surface area contributed by atoms with Crippen LogP contribution in [0.5, 0.6) is 11.5 Å². The average Bonchev–Trinajstić information content (AvgIpc) is 3.36. The molecular formula is C20H15ClN2O5S. The molecule has 0 spiro atoms. The molecule has 0 atom stereocenters. The van der Waals surface area contributed by atoms with Gasteiger partial charge in [-0.05, 0) is 60.7 Å². The minimum Gasteiger partial charge on any atom is -0.459 e. The summed E-state index contributed by atoms with van der Waals surface area (Å²) in [5.41, 5.74) is 1.67. The van der Waals surface area contributed by atoms with E-state index >= 15 is 0 Å². The van der Waals surface area contributed by atoms with Gasteiger partial charge in [-0.15, -0.1) is 0 Å². The highest BCUT2D eigenvalue weighted by molar-refractivity contribution is 7.80. The van der Waals surface area contributed by atoms with Crippen molar-refractivity contribution in [3.8, 4) is 22.8 Å². The molecule has 1 aromatic heterocycles. The second kappa shape index (κ2) is 8.12. The maximum atomic E-state index is 12.4. The van der Waals surface area contributed by atoms with E-state index in [0.29, 0.717) is 44.9 Å². The molecule has 1 aliphatic heterocycles. The third-order valence-electron chi connectivity index (χ3n) is 4.17. The maximum Gasteiger partial charge on any atom is 0.257 e. The lowest BCUT2D eigenvalue weighted by molar-refractivity contribution is 0.0977. The van der Waals surface area contributed by atoms with Crippen molar-refractivity contribution in [2.45, 2.75) is 6.61 Å². The number of halogens is 1. The molecule has 0 aliphatic carbocycles. The number of fused-ring (bicyclic) bond motifs is 1. The number of benzene rings is 2. The van der Waals surface area contributed by atoms with E-state index in [1.807, 2.05) is 0 Å². The van der Waals surface area contributed by atoms with Crippen molar-refractivity contribution in [2.75, 3.05) is 12.1 Å².